The van der Waals surface area contributed by atoms with Crippen molar-refractivity contribution in [2.24, 2.45) is 0 Å². The summed E-state index contributed by atoms with van der Waals surface area (Å²) in [6.07, 6.45) is 3.56. The van der Waals surface area contributed by atoms with E-state index >= 15 is 0 Å². The van der Waals surface area contributed by atoms with E-state index < -0.39 is 0 Å². The molecule has 0 unspecified atom stereocenters. The van der Waals surface area contributed by atoms with Gasteiger partial charge in [-0.2, -0.15) is 0 Å². The first-order valence-corrected chi connectivity index (χ1v) is 6.69. The van der Waals surface area contributed by atoms with Crippen LogP contribution >= 0.6 is 11.6 Å². The van der Waals surface area contributed by atoms with Crippen molar-refractivity contribution in [2.45, 2.75) is 38.6 Å². The van der Waals surface area contributed by atoms with Crippen molar-refractivity contribution in [1.29, 1.82) is 0 Å². The van der Waals surface area contributed by atoms with Crippen LogP contribution in [0.4, 0.5) is 4.39 Å². The summed E-state index contributed by atoms with van der Waals surface area (Å²) in [5, 5.41) is 0.327. The number of benzene rings is 1. The Hall–Kier alpha value is -1.09. The molecule has 1 aromatic rings. The molecule has 98 valence electrons. The van der Waals surface area contributed by atoms with Crippen molar-refractivity contribution >= 4 is 17.5 Å². The molecule has 1 fully saturated rings. The van der Waals surface area contributed by atoms with Gasteiger partial charge in [-0.05, 0) is 43.9 Å². The summed E-state index contributed by atoms with van der Waals surface area (Å²) >= 11 is 5.94. The highest BCUT2D eigenvalue weighted by atomic mass is 35.5. The molecule has 1 atom stereocenters. The Kier molecular flexibility index (Phi) is 4.23. The van der Waals surface area contributed by atoms with E-state index in [4.69, 9.17) is 11.6 Å². The number of hydrogen-bond acceptors (Lipinski definition) is 1. The second kappa shape index (κ2) is 5.70. The van der Waals surface area contributed by atoms with Gasteiger partial charge in [0.05, 0.1) is 6.42 Å². The normalized spacial score (nSPS) is 19.9. The predicted octanol–water partition coefficient (Wildman–Crippen LogP) is 3.42. The average molecular weight is 270 g/mol. The summed E-state index contributed by atoms with van der Waals surface area (Å²) in [6.45, 7) is 2.89. The maximum absolute atomic E-state index is 12.9. The molecule has 0 radical (unpaired) electrons. The third-order valence-corrected chi connectivity index (χ3v) is 3.83. The number of piperidine rings is 1. The molecule has 1 amide bonds. The van der Waals surface area contributed by atoms with Crippen molar-refractivity contribution in [1.82, 2.24) is 4.90 Å². The molecule has 1 saturated heterocycles. The van der Waals surface area contributed by atoms with Crippen LogP contribution in [0.25, 0.3) is 0 Å². The van der Waals surface area contributed by atoms with Crippen LogP contribution < -0.4 is 0 Å². The van der Waals surface area contributed by atoms with Gasteiger partial charge < -0.3 is 4.90 Å². The maximum Gasteiger partial charge on any atom is 0.227 e. The van der Waals surface area contributed by atoms with E-state index in [2.05, 4.69) is 6.92 Å². The van der Waals surface area contributed by atoms with Gasteiger partial charge in [-0.1, -0.05) is 17.7 Å². The number of carbonyl (C=O) groups excluding carboxylic acids is 1. The van der Waals surface area contributed by atoms with Gasteiger partial charge >= 0.3 is 0 Å². The second-order valence-electron chi connectivity index (χ2n) is 4.84. The highest BCUT2D eigenvalue weighted by Crippen LogP contribution is 2.21. The van der Waals surface area contributed by atoms with Crippen LogP contribution in [0, 0.1) is 5.82 Å². The Bertz CT molecular complexity index is 449. The van der Waals surface area contributed by atoms with Crippen molar-refractivity contribution in [3.05, 3.63) is 34.6 Å². The molecule has 0 bridgehead atoms. The van der Waals surface area contributed by atoms with Gasteiger partial charge in [0.15, 0.2) is 0 Å². The first kappa shape index (κ1) is 13.3. The Morgan fingerprint density at radius 1 is 1.50 bits per heavy atom. The summed E-state index contributed by atoms with van der Waals surface area (Å²) in [5.74, 6) is -0.293. The molecule has 0 aliphatic carbocycles. The Morgan fingerprint density at radius 3 is 2.94 bits per heavy atom. The molecule has 0 spiro atoms. The van der Waals surface area contributed by atoms with Crippen LogP contribution in [0.5, 0.6) is 0 Å². The van der Waals surface area contributed by atoms with Crippen LogP contribution in [-0.2, 0) is 11.2 Å². The highest BCUT2D eigenvalue weighted by Gasteiger charge is 2.23. The Balaban J connectivity index is 2.06. The van der Waals surface area contributed by atoms with E-state index in [-0.39, 0.29) is 18.1 Å². The molecule has 1 heterocycles. The lowest BCUT2D eigenvalue weighted by Gasteiger charge is -2.33. The topological polar surface area (TPSA) is 20.3 Å². The van der Waals surface area contributed by atoms with Crippen LogP contribution in [0.2, 0.25) is 5.02 Å². The lowest BCUT2D eigenvalue weighted by atomic mass is 10.0. The summed E-state index contributed by atoms with van der Waals surface area (Å²) in [5.41, 5.74) is 0.695. The zero-order chi connectivity index (χ0) is 13.1. The van der Waals surface area contributed by atoms with E-state index in [9.17, 15) is 9.18 Å². The van der Waals surface area contributed by atoms with Crippen molar-refractivity contribution in [3.63, 3.8) is 0 Å². The Labute approximate surface area is 112 Å². The van der Waals surface area contributed by atoms with E-state index in [0.29, 0.717) is 16.6 Å². The standard InChI is InChI=1S/C14H17ClFNO/c1-10-4-2-3-7-17(10)14(18)8-11-5-6-12(16)9-13(11)15/h5-6,9-10H,2-4,7-8H2,1H3/t10-/m1/s1. The highest BCUT2D eigenvalue weighted by molar-refractivity contribution is 6.31. The van der Waals surface area contributed by atoms with Gasteiger partial charge in [-0.25, -0.2) is 4.39 Å². The monoisotopic (exact) mass is 269 g/mol. The quantitative estimate of drug-likeness (QED) is 0.806. The minimum absolute atomic E-state index is 0.0794. The smallest absolute Gasteiger partial charge is 0.227 e. The number of carbonyl (C=O) groups is 1. The minimum Gasteiger partial charge on any atom is -0.340 e. The van der Waals surface area contributed by atoms with Gasteiger partial charge in [0.1, 0.15) is 5.82 Å². The van der Waals surface area contributed by atoms with Crippen LogP contribution in [0.15, 0.2) is 18.2 Å². The van der Waals surface area contributed by atoms with Crippen LogP contribution in [0.3, 0.4) is 0 Å². The zero-order valence-electron chi connectivity index (χ0n) is 10.5. The molecule has 0 N–H and O–H groups in total. The number of amides is 1. The fourth-order valence-corrected chi connectivity index (χ4v) is 2.63. The molecule has 1 aromatic carbocycles. The van der Waals surface area contributed by atoms with Crippen molar-refractivity contribution < 1.29 is 9.18 Å². The number of halogens is 2. The molecule has 1 aliphatic heterocycles. The molecule has 0 aromatic heterocycles. The minimum atomic E-state index is -0.373. The zero-order valence-corrected chi connectivity index (χ0v) is 11.2. The lowest BCUT2D eigenvalue weighted by Crippen LogP contribution is -2.42. The fourth-order valence-electron chi connectivity index (χ4n) is 2.40. The molecular formula is C14H17ClFNO. The number of rotatable bonds is 2. The maximum atomic E-state index is 12.9. The van der Waals surface area contributed by atoms with E-state index in [1.807, 2.05) is 4.90 Å². The van der Waals surface area contributed by atoms with Crippen LogP contribution in [0.1, 0.15) is 31.7 Å². The predicted molar refractivity (Wildman–Crippen MR) is 70.1 cm³/mol. The average Bonchev–Trinajstić information content (AvgIpc) is 2.33. The van der Waals surface area contributed by atoms with Gasteiger partial charge in [0.25, 0.3) is 0 Å². The van der Waals surface area contributed by atoms with Gasteiger partial charge in [-0.15, -0.1) is 0 Å². The molecule has 2 nitrogen and oxygen atoms in total. The molecule has 2 rings (SSSR count). The van der Waals surface area contributed by atoms with E-state index in [0.717, 1.165) is 19.4 Å². The van der Waals surface area contributed by atoms with Crippen LogP contribution in [-0.4, -0.2) is 23.4 Å². The first-order chi connectivity index (χ1) is 8.58. The summed E-state index contributed by atoms with van der Waals surface area (Å²) < 4.78 is 12.9. The van der Waals surface area contributed by atoms with E-state index in [1.54, 1.807) is 6.07 Å². The molecule has 18 heavy (non-hydrogen) atoms. The SMILES string of the molecule is C[C@@H]1CCCCN1C(=O)Cc1ccc(F)cc1Cl. The van der Waals surface area contributed by atoms with Gasteiger partial charge in [0, 0.05) is 17.6 Å². The Morgan fingerprint density at radius 2 is 2.28 bits per heavy atom. The number of hydrogen-bond donors (Lipinski definition) is 0. The largest absolute Gasteiger partial charge is 0.340 e. The van der Waals surface area contributed by atoms with Gasteiger partial charge in [0.2, 0.25) is 5.91 Å². The second-order valence-corrected chi connectivity index (χ2v) is 5.25. The van der Waals surface area contributed by atoms with Crippen molar-refractivity contribution in [2.75, 3.05) is 6.54 Å². The summed E-state index contributed by atoms with van der Waals surface area (Å²) in [7, 11) is 0. The first-order valence-electron chi connectivity index (χ1n) is 6.31. The van der Waals surface area contributed by atoms with Crippen molar-refractivity contribution in [3.8, 4) is 0 Å². The lowest BCUT2D eigenvalue weighted by molar-refractivity contribution is -0.133. The number of nitrogens with zero attached hydrogens (tertiary/aromatic N) is 1. The van der Waals surface area contributed by atoms with Gasteiger partial charge in [-0.3, -0.25) is 4.79 Å². The molecule has 4 heteroatoms. The fraction of sp³-hybridized carbons (Fsp3) is 0.500. The van der Waals surface area contributed by atoms with E-state index in [1.165, 1.54) is 18.6 Å². The third-order valence-electron chi connectivity index (χ3n) is 3.48. The molecular weight excluding hydrogens is 253 g/mol. The summed E-state index contributed by atoms with van der Waals surface area (Å²) in [4.78, 5) is 14.1. The molecule has 0 saturated carbocycles. The number of likely N-dealkylation sites (tertiary alicyclic amines) is 1. The summed E-state index contributed by atoms with van der Waals surface area (Å²) in [6, 6.07) is 4.48. The third kappa shape index (κ3) is 3.02. The molecule has 1 aliphatic rings.